The molecule has 196 valence electrons. The van der Waals surface area contributed by atoms with Gasteiger partial charge in [0.15, 0.2) is 0 Å². The molecule has 0 atom stereocenters. The van der Waals surface area contributed by atoms with Crippen LogP contribution in [0.4, 0.5) is 0 Å². The van der Waals surface area contributed by atoms with E-state index in [4.69, 9.17) is 0 Å². The van der Waals surface area contributed by atoms with E-state index >= 15 is 0 Å². The van der Waals surface area contributed by atoms with Crippen LogP contribution < -0.4 is 0 Å². The SMILES string of the molecule is CC1(C)c2ccccc2-c2cc(-n3c4cc5c(cc4c4cc6ccccc6cc43)C(C)(C)c3ccccc3-5)ccc21. The lowest BCUT2D eigenvalue weighted by atomic mass is 9.82. The standard InChI is InChI=1S/C40H31N/c1-39(2)33-15-9-7-13-27(33)29-21-26(17-18-35(29)39)41-37-20-25-12-6-5-11-24(25)19-31(37)32-22-36-30(23-38(32)41)28-14-8-10-16-34(28)40(36,3)4/h5-23H,1-4H3. The summed E-state index contributed by atoms with van der Waals surface area (Å²) in [6, 6.07) is 43.5. The first-order valence-corrected chi connectivity index (χ1v) is 14.7. The molecule has 7 aromatic rings. The molecule has 0 spiro atoms. The van der Waals surface area contributed by atoms with E-state index in [1.807, 2.05) is 0 Å². The van der Waals surface area contributed by atoms with Crippen LogP contribution in [0.5, 0.6) is 0 Å². The number of hydrogen-bond donors (Lipinski definition) is 0. The minimum Gasteiger partial charge on any atom is -0.309 e. The Morgan fingerprint density at radius 1 is 0.415 bits per heavy atom. The molecule has 41 heavy (non-hydrogen) atoms. The van der Waals surface area contributed by atoms with E-state index in [1.54, 1.807) is 0 Å². The molecular formula is C40H31N. The molecule has 0 fully saturated rings. The van der Waals surface area contributed by atoms with Gasteiger partial charge in [-0.2, -0.15) is 0 Å². The summed E-state index contributed by atoms with van der Waals surface area (Å²) in [4.78, 5) is 0. The predicted molar refractivity (Wildman–Crippen MR) is 173 cm³/mol. The van der Waals surface area contributed by atoms with Crippen LogP contribution in [0, 0.1) is 0 Å². The summed E-state index contributed by atoms with van der Waals surface area (Å²) in [5, 5.41) is 5.20. The summed E-state index contributed by atoms with van der Waals surface area (Å²) < 4.78 is 2.51. The van der Waals surface area contributed by atoms with Gasteiger partial charge in [-0.3, -0.25) is 0 Å². The smallest absolute Gasteiger partial charge is 0.0547 e. The van der Waals surface area contributed by atoms with Crippen molar-refractivity contribution in [3.8, 4) is 27.9 Å². The van der Waals surface area contributed by atoms with Crippen LogP contribution in [-0.4, -0.2) is 4.57 Å². The number of rotatable bonds is 1. The van der Waals surface area contributed by atoms with Crippen molar-refractivity contribution in [2.24, 2.45) is 0 Å². The molecule has 0 saturated carbocycles. The van der Waals surface area contributed by atoms with Gasteiger partial charge in [0.1, 0.15) is 0 Å². The third-order valence-electron chi connectivity index (χ3n) is 10.2. The first-order valence-electron chi connectivity index (χ1n) is 14.7. The highest BCUT2D eigenvalue weighted by Crippen LogP contribution is 2.52. The maximum absolute atomic E-state index is 2.51. The maximum atomic E-state index is 2.51. The topological polar surface area (TPSA) is 4.93 Å². The highest BCUT2D eigenvalue weighted by Gasteiger charge is 2.37. The normalized spacial score (nSPS) is 15.7. The third kappa shape index (κ3) is 2.86. The molecule has 2 aliphatic rings. The molecule has 0 N–H and O–H groups in total. The fourth-order valence-corrected chi connectivity index (χ4v) is 8.02. The van der Waals surface area contributed by atoms with Crippen LogP contribution >= 0.6 is 0 Å². The van der Waals surface area contributed by atoms with Gasteiger partial charge in [-0.05, 0) is 91.7 Å². The molecule has 0 unspecified atom stereocenters. The Kier molecular flexibility index (Phi) is 4.26. The van der Waals surface area contributed by atoms with Gasteiger partial charge in [0.2, 0.25) is 0 Å². The molecule has 1 aromatic heterocycles. The summed E-state index contributed by atoms with van der Waals surface area (Å²) >= 11 is 0. The van der Waals surface area contributed by atoms with Gasteiger partial charge in [0.05, 0.1) is 11.0 Å². The summed E-state index contributed by atoms with van der Waals surface area (Å²) in [6.45, 7) is 9.45. The van der Waals surface area contributed by atoms with Crippen molar-refractivity contribution in [2.45, 2.75) is 38.5 Å². The minimum atomic E-state index is -0.0335. The molecule has 2 aliphatic carbocycles. The first-order chi connectivity index (χ1) is 19.8. The quantitative estimate of drug-likeness (QED) is 0.201. The molecule has 6 aromatic carbocycles. The first kappa shape index (κ1) is 23.1. The predicted octanol–water partition coefficient (Wildman–Crippen LogP) is 10.5. The molecule has 1 nitrogen and oxygen atoms in total. The second-order valence-corrected chi connectivity index (χ2v) is 13.0. The Labute approximate surface area is 240 Å². The van der Waals surface area contributed by atoms with Crippen molar-refractivity contribution in [1.82, 2.24) is 4.57 Å². The average Bonchev–Trinajstić information content (AvgIpc) is 3.51. The van der Waals surface area contributed by atoms with E-state index < -0.39 is 0 Å². The molecule has 0 amide bonds. The molecule has 1 heteroatoms. The van der Waals surface area contributed by atoms with Crippen molar-refractivity contribution in [3.63, 3.8) is 0 Å². The molecular weight excluding hydrogens is 494 g/mol. The van der Waals surface area contributed by atoms with Crippen LogP contribution in [0.2, 0.25) is 0 Å². The Morgan fingerprint density at radius 3 is 1.63 bits per heavy atom. The Bertz CT molecular complexity index is 2260. The Morgan fingerprint density at radius 2 is 0.927 bits per heavy atom. The van der Waals surface area contributed by atoms with E-state index in [9.17, 15) is 0 Å². The molecule has 0 bridgehead atoms. The summed E-state index contributed by atoms with van der Waals surface area (Å²) in [5.74, 6) is 0. The van der Waals surface area contributed by atoms with E-state index in [-0.39, 0.29) is 10.8 Å². The van der Waals surface area contributed by atoms with Crippen molar-refractivity contribution in [1.29, 1.82) is 0 Å². The molecule has 1 heterocycles. The fourth-order valence-electron chi connectivity index (χ4n) is 8.02. The van der Waals surface area contributed by atoms with Crippen LogP contribution in [0.3, 0.4) is 0 Å². The van der Waals surface area contributed by atoms with E-state index in [0.29, 0.717) is 0 Å². The van der Waals surface area contributed by atoms with Crippen molar-refractivity contribution < 1.29 is 0 Å². The monoisotopic (exact) mass is 525 g/mol. The Hall–Kier alpha value is -4.62. The van der Waals surface area contributed by atoms with Crippen LogP contribution in [-0.2, 0) is 10.8 Å². The van der Waals surface area contributed by atoms with Crippen LogP contribution in [0.1, 0.15) is 49.9 Å². The zero-order chi connectivity index (χ0) is 27.7. The van der Waals surface area contributed by atoms with Gasteiger partial charge >= 0.3 is 0 Å². The van der Waals surface area contributed by atoms with Gasteiger partial charge < -0.3 is 4.57 Å². The average molecular weight is 526 g/mol. The molecule has 0 radical (unpaired) electrons. The summed E-state index contributed by atoms with van der Waals surface area (Å²) in [7, 11) is 0. The molecule has 9 rings (SSSR count). The number of hydrogen-bond acceptors (Lipinski definition) is 0. The van der Waals surface area contributed by atoms with E-state index in [0.717, 1.165) is 0 Å². The number of aromatic nitrogens is 1. The van der Waals surface area contributed by atoms with Gasteiger partial charge in [0.25, 0.3) is 0 Å². The van der Waals surface area contributed by atoms with Gasteiger partial charge in [-0.15, -0.1) is 0 Å². The summed E-state index contributed by atoms with van der Waals surface area (Å²) in [6.07, 6.45) is 0. The minimum absolute atomic E-state index is 0.00238. The van der Waals surface area contributed by atoms with Crippen molar-refractivity contribution in [2.75, 3.05) is 0 Å². The van der Waals surface area contributed by atoms with Gasteiger partial charge in [0, 0.05) is 27.3 Å². The largest absolute Gasteiger partial charge is 0.309 e. The van der Waals surface area contributed by atoms with Crippen molar-refractivity contribution in [3.05, 3.63) is 138 Å². The number of nitrogens with zero attached hydrogens (tertiary/aromatic N) is 1. The Balaban J connectivity index is 1.41. The fraction of sp³-hybridized carbons (Fsp3) is 0.150. The van der Waals surface area contributed by atoms with Crippen LogP contribution in [0.15, 0.2) is 115 Å². The van der Waals surface area contributed by atoms with Crippen LogP contribution in [0.25, 0.3) is 60.5 Å². The van der Waals surface area contributed by atoms with Gasteiger partial charge in [-0.25, -0.2) is 0 Å². The zero-order valence-electron chi connectivity index (χ0n) is 23.9. The third-order valence-corrected chi connectivity index (χ3v) is 10.2. The maximum Gasteiger partial charge on any atom is 0.0547 e. The lowest BCUT2D eigenvalue weighted by molar-refractivity contribution is 0.660. The van der Waals surface area contributed by atoms with Crippen molar-refractivity contribution >= 4 is 32.6 Å². The summed E-state index contributed by atoms with van der Waals surface area (Å²) in [5.41, 5.74) is 14.8. The van der Waals surface area contributed by atoms with Gasteiger partial charge in [-0.1, -0.05) is 107 Å². The van der Waals surface area contributed by atoms with E-state index in [2.05, 4.69) is 148 Å². The highest BCUT2D eigenvalue weighted by atomic mass is 15.0. The van der Waals surface area contributed by atoms with E-state index in [1.165, 1.54) is 82.8 Å². The zero-order valence-corrected chi connectivity index (χ0v) is 23.9. The number of benzene rings is 6. The number of fused-ring (bicyclic) bond motifs is 10. The molecule has 0 aliphatic heterocycles. The highest BCUT2D eigenvalue weighted by molar-refractivity contribution is 6.15. The lowest BCUT2D eigenvalue weighted by Crippen LogP contribution is -2.14. The second-order valence-electron chi connectivity index (χ2n) is 13.0. The molecule has 0 saturated heterocycles. The second kappa shape index (κ2) is 7.56. The lowest BCUT2D eigenvalue weighted by Gasteiger charge is -2.22.